The SMILES string of the molecule is C[C@H](OC(=O)c1cccc(S(=O)(=O)NCc2ccc3c(c2)OCO3)c1)C(N)=O. The first-order chi connectivity index (χ1) is 13.3. The molecule has 1 aliphatic heterocycles. The number of hydrogen-bond donors (Lipinski definition) is 2. The number of amides is 1. The summed E-state index contributed by atoms with van der Waals surface area (Å²) in [5.41, 5.74) is 5.72. The molecule has 0 fully saturated rings. The van der Waals surface area contributed by atoms with Gasteiger partial charge in [0.1, 0.15) is 0 Å². The summed E-state index contributed by atoms with van der Waals surface area (Å²) in [6.07, 6.45) is -1.13. The Kier molecular flexibility index (Phi) is 5.52. The van der Waals surface area contributed by atoms with Crippen molar-refractivity contribution < 1.29 is 32.2 Å². The van der Waals surface area contributed by atoms with Gasteiger partial charge in [-0.25, -0.2) is 17.9 Å². The number of rotatable bonds is 7. The zero-order chi connectivity index (χ0) is 20.3. The molecule has 10 heteroatoms. The average Bonchev–Trinajstić information content (AvgIpc) is 3.14. The fourth-order valence-electron chi connectivity index (χ4n) is 2.39. The Morgan fingerprint density at radius 1 is 1.18 bits per heavy atom. The molecule has 0 aromatic heterocycles. The number of fused-ring (bicyclic) bond motifs is 1. The van der Waals surface area contributed by atoms with Crippen LogP contribution in [0.5, 0.6) is 11.5 Å². The van der Waals surface area contributed by atoms with Crippen LogP contribution in [0.4, 0.5) is 0 Å². The summed E-state index contributed by atoms with van der Waals surface area (Å²) in [5, 5.41) is 0. The fourth-order valence-corrected chi connectivity index (χ4v) is 3.45. The van der Waals surface area contributed by atoms with Crippen LogP contribution in [-0.2, 0) is 26.1 Å². The van der Waals surface area contributed by atoms with Crippen molar-refractivity contribution in [2.24, 2.45) is 5.73 Å². The predicted molar refractivity (Wildman–Crippen MR) is 97.1 cm³/mol. The van der Waals surface area contributed by atoms with E-state index in [-0.39, 0.29) is 23.8 Å². The first-order valence-electron chi connectivity index (χ1n) is 8.25. The van der Waals surface area contributed by atoms with Gasteiger partial charge in [-0.05, 0) is 42.8 Å². The van der Waals surface area contributed by atoms with E-state index in [4.69, 9.17) is 19.9 Å². The molecule has 3 rings (SSSR count). The van der Waals surface area contributed by atoms with Crippen molar-refractivity contribution in [3.05, 3.63) is 53.6 Å². The lowest BCUT2D eigenvalue weighted by molar-refractivity contribution is -0.125. The lowest BCUT2D eigenvalue weighted by atomic mass is 10.2. The van der Waals surface area contributed by atoms with Crippen molar-refractivity contribution in [2.45, 2.75) is 24.5 Å². The maximum Gasteiger partial charge on any atom is 0.338 e. The summed E-state index contributed by atoms with van der Waals surface area (Å²) < 4.78 is 42.9. The summed E-state index contributed by atoms with van der Waals surface area (Å²) in [7, 11) is -3.89. The molecule has 0 unspecified atom stereocenters. The highest BCUT2D eigenvalue weighted by Crippen LogP contribution is 2.32. The highest BCUT2D eigenvalue weighted by molar-refractivity contribution is 7.89. The molecular formula is C18H18N2O7S. The Labute approximate surface area is 161 Å². The zero-order valence-electron chi connectivity index (χ0n) is 14.9. The Morgan fingerprint density at radius 2 is 1.93 bits per heavy atom. The van der Waals surface area contributed by atoms with Gasteiger partial charge >= 0.3 is 5.97 Å². The summed E-state index contributed by atoms with van der Waals surface area (Å²) in [6, 6.07) is 10.4. The van der Waals surface area contributed by atoms with E-state index < -0.39 is 28.0 Å². The van der Waals surface area contributed by atoms with E-state index in [0.717, 1.165) is 6.07 Å². The number of primary amides is 1. The van der Waals surface area contributed by atoms with Crippen LogP contribution < -0.4 is 19.9 Å². The van der Waals surface area contributed by atoms with Gasteiger partial charge < -0.3 is 19.9 Å². The summed E-state index contributed by atoms with van der Waals surface area (Å²) in [6.45, 7) is 1.47. The van der Waals surface area contributed by atoms with Crippen LogP contribution in [0.15, 0.2) is 47.4 Å². The molecule has 0 radical (unpaired) electrons. The van der Waals surface area contributed by atoms with E-state index >= 15 is 0 Å². The smallest absolute Gasteiger partial charge is 0.338 e. The largest absolute Gasteiger partial charge is 0.454 e. The van der Waals surface area contributed by atoms with E-state index in [1.54, 1.807) is 18.2 Å². The van der Waals surface area contributed by atoms with Crippen molar-refractivity contribution >= 4 is 21.9 Å². The summed E-state index contributed by atoms with van der Waals surface area (Å²) in [4.78, 5) is 22.9. The Hall–Kier alpha value is -3.11. The molecule has 1 aliphatic rings. The van der Waals surface area contributed by atoms with Gasteiger partial charge in [-0.1, -0.05) is 12.1 Å². The van der Waals surface area contributed by atoms with Gasteiger partial charge in [-0.15, -0.1) is 0 Å². The second-order valence-electron chi connectivity index (χ2n) is 5.99. The van der Waals surface area contributed by atoms with Gasteiger partial charge in [0.2, 0.25) is 16.8 Å². The number of nitrogens with one attached hydrogen (secondary N) is 1. The van der Waals surface area contributed by atoms with Gasteiger partial charge in [-0.2, -0.15) is 0 Å². The number of carbonyl (C=O) groups excluding carboxylic acids is 2. The minimum atomic E-state index is -3.89. The van der Waals surface area contributed by atoms with Crippen LogP contribution in [-0.4, -0.2) is 33.2 Å². The molecule has 148 valence electrons. The number of hydrogen-bond acceptors (Lipinski definition) is 7. The molecular weight excluding hydrogens is 388 g/mol. The maximum absolute atomic E-state index is 12.6. The van der Waals surface area contributed by atoms with Crippen LogP contribution in [0.2, 0.25) is 0 Å². The molecule has 1 atom stereocenters. The number of nitrogens with two attached hydrogens (primary N) is 1. The molecule has 3 N–H and O–H groups in total. The van der Waals surface area contributed by atoms with E-state index in [1.165, 1.54) is 25.1 Å². The minimum Gasteiger partial charge on any atom is -0.454 e. The third-order valence-electron chi connectivity index (χ3n) is 3.97. The highest BCUT2D eigenvalue weighted by Gasteiger charge is 2.20. The molecule has 0 saturated heterocycles. The minimum absolute atomic E-state index is 0.0148. The molecule has 0 bridgehead atoms. The fraction of sp³-hybridized carbons (Fsp3) is 0.222. The second-order valence-corrected chi connectivity index (χ2v) is 7.76. The lowest BCUT2D eigenvalue weighted by Gasteiger charge is -2.11. The molecule has 1 heterocycles. The molecule has 0 spiro atoms. The normalized spacial score (nSPS) is 13.8. The molecule has 2 aromatic rings. The van der Waals surface area contributed by atoms with E-state index in [9.17, 15) is 18.0 Å². The van der Waals surface area contributed by atoms with Crippen LogP contribution in [0.3, 0.4) is 0 Å². The zero-order valence-corrected chi connectivity index (χ0v) is 15.7. The predicted octanol–water partition coefficient (Wildman–Crippen LogP) is 0.924. The van der Waals surface area contributed by atoms with Gasteiger partial charge in [0.05, 0.1) is 10.5 Å². The third kappa shape index (κ3) is 4.41. The average molecular weight is 406 g/mol. The summed E-state index contributed by atoms with van der Waals surface area (Å²) in [5.74, 6) is -0.505. The Bertz CT molecular complexity index is 1020. The summed E-state index contributed by atoms with van der Waals surface area (Å²) >= 11 is 0. The standard InChI is InChI=1S/C18H18N2O7S/c1-11(17(19)21)27-18(22)13-3-2-4-14(8-13)28(23,24)20-9-12-5-6-15-16(7-12)26-10-25-15/h2-8,11,20H,9-10H2,1H3,(H2,19,21)/t11-/m0/s1. The van der Waals surface area contributed by atoms with Gasteiger partial charge in [0.15, 0.2) is 17.6 Å². The van der Waals surface area contributed by atoms with Crippen molar-refractivity contribution in [1.29, 1.82) is 0 Å². The Morgan fingerprint density at radius 3 is 2.68 bits per heavy atom. The van der Waals surface area contributed by atoms with E-state index in [2.05, 4.69) is 4.72 Å². The van der Waals surface area contributed by atoms with Crippen LogP contribution in [0.25, 0.3) is 0 Å². The van der Waals surface area contributed by atoms with Crippen molar-refractivity contribution in [3.63, 3.8) is 0 Å². The van der Waals surface area contributed by atoms with E-state index in [1.807, 2.05) is 0 Å². The number of sulfonamides is 1. The molecule has 0 saturated carbocycles. The van der Waals surface area contributed by atoms with E-state index in [0.29, 0.717) is 17.1 Å². The third-order valence-corrected chi connectivity index (χ3v) is 5.37. The topological polar surface area (TPSA) is 134 Å². The number of ether oxygens (including phenoxy) is 3. The van der Waals surface area contributed by atoms with Crippen LogP contribution in [0.1, 0.15) is 22.8 Å². The van der Waals surface area contributed by atoms with Crippen LogP contribution >= 0.6 is 0 Å². The molecule has 9 nitrogen and oxygen atoms in total. The second kappa shape index (κ2) is 7.87. The lowest BCUT2D eigenvalue weighted by Crippen LogP contribution is -2.30. The van der Waals surface area contributed by atoms with Gasteiger partial charge in [0.25, 0.3) is 5.91 Å². The van der Waals surface area contributed by atoms with Crippen molar-refractivity contribution in [3.8, 4) is 11.5 Å². The molecule has 2 aromatic carbocycles. The van der Waals surface area contributed by atoms with Gasteiger partial charge in [0, 0.05) is 6.54 Å². The molecule has 1 amide bonds. The Balaban J connectivity index is 1.71. The first kappa shape index (κ1) is 19.6. The van der Waals surface area contributed by atoms with Crippen LogP contribution in [0, 0.1) is 0 Å². The number of esters is 1. The number of carbonyl (C=O) groups is 2. The maximum atomic E-state index is 12.6. The molecule has 0 aliphatic carbocycles. The monoisotopic (exact) mass is 406 g/mol. The highest BCUT2D eigenvalue weighted by atomic mass is 32.2. The van der Waals surface area contributed by atoms with Crippen molar-refractivity contribution in [1.82, 2.24) is 4.72 Å². The number of benzene rings is 2. The van der Waals surface area contributed by atoms with Crippen molar-refractivity contribution in [2.75, 3.05) is 6.79 Å². The first-order valence-corrected chi connectivity index (χ1v) is 9.73. The molecule has 28 heavy (non-hydrogen) atoms. The quantitative estimate of drug-likeness (QED) is 0.653. The van der Waals surface area contributed by atoms with Gasteiger partial charge in [-0.3, -0.25) is 4.79 Å².